The molecule has 2 aromatic heterocycles. The summed E-state index contributed by atoms with van der Waals surface area (Å²) in [6.45, 7) is 4.60. The molecule has 0 saturated carbocycles. The second-order valence-corrected chi connectivity index (χ2v) is 8.49. The van der Waals surface area contributed by atoms with Crippen molar-refractivity contribution in [3.8, 4) is 11.3 Å². The molecule has 154 valence electrons. The number of nitrogens with two attached hydrogens (primary N) is 1. The highest BCUT2D eigenvalue weighted by atomic mass is 19.1. The van der Waals surface area contributed by atoms with Crippen molar-refractivity contribution in [3.63, 3.8) is 0 Å². The summed E-state index contributed by atoms with van der Waals surface area (Å²) in [6, 6.07) is 2.33. The van der Waals surface area contributed by atoms with Gasteiger partial charge in [0.15, 0.2) is 0 Å². The minimum atomic E-state index is -1.13. The Balaban J connectivity index is 1.52. The molecule has 5 rings (SSSR count). The minimum absolute atomic E-state index is 0.229. The Morgan fingerprint density at radius 2 is 2.03 bits per heavy atom. The van der Waals surface area contributed by atoms with Gasteiger partial charge in [0, 0.05) is 43.7 Å². The monoisotopic (exact) mass is 399 g/mol. The van der Waals surface area contributed by atoms with E-state index in [9.17, 15) is 4.39 Å². The van der Waals surface area contributed by atoms with Gasteiger partial charge in [-0.1, -0.05) is 0 Å². The van der Waals surface area contributed by atoms with Crippen molar-refractivity contribution in [3.05, 3.63) is 18.5 Å². The SMILES string of the molecule is CC1(F)CCCN(c2nc(-c3cnc(N)nc3)cc(N3C[C@@H]4C[C@H]3CO4)n2)CC1. The maximum Gasteiger partial charge on any atom is 0.227 e. The number of aromatic nitrogens is 4. The number of anilines is 3. The second kappa shape index (κ2) is 7.05. The molecule has 0 spiro atoms. The number of ether oxygens (including phenoxy) is 1. The highest BCUT2D eigenvalue weighted by Gasteiger charge is 2.40. The Bertz CT molecular complexity index is 891. The fraction of sp³-hybridized carbons (Fsp3) is 0.600. The number of alkyl halides is 1. The molecule has 0 amide bonds. The Morgan fingerprint density at radius 3 is 2.76 bits per heavy atom. The number of hydrogen-bond acceptors (Lipinski definition) is 8. The van der Waals surface area contributed by atoms with Gasteiger partial charge in [-0.2, -0.15) is 4.98 Å². The molecule has 5 heterocycles. The fourth-order valence-electron chi connectivity index (χ4n) is 4.45. The number of nitrogen functional groups attached to an aromatic ring is 1. The number of morpholine rings is 1. The summed E-state index contributed by atoms with van der Waals surface area (Å²) in [5, 5.41) is 0. The van der Waals surface area contributed by atoms with Gasteiger partial charge in [0.05, 0.1) is 24.4 Å². The molecule has 0 radical (unpaired) electrons. The van der Waals surface area contributed by atoms with E-state index in [4.69, 9.17) is 20.4 Å². The minimum Gasteiger partial charge on any atom is -0.374 e. The lowest BCUT2D eigenvalue weighted by molar-refractivity contribution is 0.0989. The molecule has 3 fully saturated rings. The average Bonchev–Trinajstić information content (AvgIpc) is 3.29. The molecule has 29 heavy (non-hydrogen) atoms. The standard InChI is InChI=1S/C20H26FN7O/c1-20(21)3-2-5-27(6-4-20)19-25-16(13-9-23-18(22)24-10-13)8-17(26-19)28-11-15-7-14(28)12-29-15/h8-10,14-15H,2-7,11-12H2,1H3,(H2,22,23,24)/t14-,15-,20?/m0/s1. The van der Waals surface area contributed by atoms with Crippen LogP contribution in [-0.4, -0.2) is 64.0 Å². The second-order valence-electron chi connectivity index (χ2n) is 8.49. The molecule has 3 atom stereocenters. The molecule has 3 saturated heterocycles. The van der Waals surface area contributed by atoms with Gasteiger partial charge in [-0.3, -0.25) is 0 Å². The Kier molecular flexibility index (Phi) is 4.49. The van der Waals surface area contributed by atoms with Crippen molar-refractivity contribution < 1.29 is 9.13 Å². The van der Waals surface area contributed by atoms with E-state index in [0.717, 1.165) is 49.6 Å². The van der Waals surface area contributed by atoms with Crippen molar-refractivity contribution >= 4 is 17.7 Å². The topological polar surface area (TPSA) is 93.3 Å². The van der Waals surface area contributed by atoms with Crippen LogP contribution in [-0.2, 0) is 4.74 Å². The van der Waals surface area contributed by atoms with Gasteiger partial charge in [0.1, 0.15) is 11.5 Å². The van der Waals surface area contributed by atoms with Gasteiger partial charge in [0.25, 0.3) is 0 Å². The lowest BCUT2D eigenvalue weighted by atomic mass is 10.0. The van der Waals surface area contributed by atoms with Gasteiger partial charge in [-0.05, 0) is 32.6 Å². The lowest BCUT2D eigenvalue weighted by Gasteiger charge is -2.29. The molecule has 9 heteroatoms. The molecule has 2 aromatic rings. The van der Waals surface area contributed by atoms with Gasteiger partial charge >= 0.3 is 0 Å². The maximum absolute atomic E-state index is 14.5. The lowest BCUT2D eigenvalue weighted by Crippen LogP contribution is -2.38. The number of rotatable bonds is 3. The molecular weight excluding hydrogens is 373 g/mol. The van der Waals surface area contributed by atoms with Crippen LogP contribution in [0.25, 0.3) is 11.3 Å². The van der Waals surface area contributed by atoms with E-state index >= 15 is 0 Å². The average molecular weight is 399 g/mol. The molecule has 2 bridgehead atoms. The van der Waals surface area contributed by atoms with Crippen molar-refractivity contribution in [1.29, 1.82) is 0 Å². The van der Waals surface area contributed by atoms with E-state index in [0.29, 0.717) is 31.4 Å². The van der Waals surface area contributed by atoms with E-state index in [1.54, 1.807) is 19.3 Å². The van der Waals surface area contributed by atoms with Gasteiger partial charge < -0.3 is 20.3 Å². The van der Waals surface area contributed by atoms with Crippen LogP contribution < -0.4 is 15.5 Å². The first-order valence-electron chi connectivity index (χ1n) is 10.3. The van der Waals surface area contributed by atoms with E-state index in [2.05, 4.69) is 19.8 Å². The number of hydrogen-bond donors (Lipinski definition) is 1. The zero-order valence-corrected chi connectivity index (χ0v) is 16.6. The Morgan fingerprint density at radius 1 is 1.21 bits per heavy atom. The van der Waals surface area contributed by atoms with Crippen LogP contribution in [0.1, 0.15) is 32.6 Å². The molecular formula is C20H26FN7O. The van der Waals surface area contributed by atoms with Crippen LogP contribution in [0.5, 0.6) is 0 Å². The summed E-state index contributed by atoms with van der Waals surface area (Å²) in [5.41, 5.74) is 6.05. The van der Waals surface area contributed by atoms with Gasteiger partial charge in [-0.15, -0.1) is 0 Å². The molecule has 0 aromatic carbocycles. The van der Waals surface area contributed by atoms with Crippen LogP contribution in [0.15, 0.2) is 18.5 Å². The van der Waals surface area contributed by atoms with Gasteiger partial charge in [-0.25, -0.2) is 19.3 Å². The van der Waals surface area contributed by atoms with E-state index in [1.807, 2.05) is 6.07 Å². The van der Waals surface area contributed by atoms with Gasteiger partial charge in [0.2, 0.25) is 11.9 Å². The van der Waals surface area contributed by atoms with Crippen molar-refractivity contribution in [2.45, 2.75) is 50.4 Å². The third-order valence-electron chi connectivity index (χ3n) is 6.17. The number of fused-ring (bicyclic) bond motifs is 2. The highest BCUT2D eigenvalue weighted by molar-refractivity contribution is 5.64. The van der Waals surface area contributed by atoms with Crippen LogP contribution >= 0.6 is 0 Å². The fourth-order valence-corrected chi connectivity index (χ4v) is 4.45. The predicted molar refractivity (Wildman–Crippen MR) is 109 cm³/mol. The summed E-state index contributed by atoms with van der Waals surface area (Å²) in [4.78, 5) is 22.3. The molecule has 0 aliphatic carbocycles. The summed E-state index contributed by atoms with van der Waals surface area (Å²) in [5.74, 6) is 1.74. The summed E-state index contributed by atoms with van der Waals surface area (Å²) >= 11 is 0. The summed E-state index contributed by atoms with van der Waals surface area (Å²) in [7, 11) is 0. The molecule has 8 nitrogen and oxygen atoms in total. The van der Waals surface area contributed by atoms with Crippen molar-refractivity contribution in [2.75, 3.05) is 41.8 Å². The molecule has 1 unspecified atom stereocenters. The van der Waals surface area contributed by atoms with E-state index in [1.165, 1.54) is 0 Å². The normalized spacial score (nSPS) is 29.3. The molecule has 2 N–H and O–H groups in total. The van der Waals surface area contributed by atoms with E-state index < -0.39 is 5.67 Å². The van der Waals surface area contributed by atoms with Crippen LogP contribution in [0.2, 0.25) is 0 Å². The Labute approximate surface area is 169 Å². The molecule has 3 aliphatic rings. The first-order chi connectivity index (χ1) is 14.0. The van der Waals surface area contributed by atoms with Crippen molar-refractivity contribution in [1.82, 2.24) is 19.9 Å². The third-order valence-corrected chi connectivity index (χ3v) is 6.17. The summed E-state index contributed by atoms with van der Waals surface area (Å²) in [6.07, 6.45) is 6.48. The smallest absolute Gasteiger partial charge is 0.227 e. The number of nitrogens with zero attached hydrogens (tertiary/aromatic N) is 6. The highest BCUT2D eigenvalue weighted by Crippen LogP contribution is 2.35. The molecule has 3 aliphatic heterocycles. The number of halogens is 1. The first-order valence-corrected chi connectivity index (χ1v) is 10.3. The zero-order chi connectivity index (χ0) is 20.0. The maximum atomic E-state index is 14.5. The van der Waals surface area contributed by atoms with Crippen LogP contribution in [0.3, 0.4) is 0 Å². The Hall–Kier alpha value is -2.55. The zero-order valence-electron chi connectivity index (χ0n) is 16.6. The summed E-state index contributed by atoms with van der Waals surface area (Å²) < 4.78 is 20.3. The van der Waals surface area contributed by atoms with E-state index in [-0.39, 0.29) is 12.1 Å². The van der Waals surface area contributed by atoms with Crippen molar-refractivity contribution in [2.24, 2.45) is 0 Å². The quantitative estimate of drug-likeness (QED) is 0.840. The largest absolute Gasteiger partial charge is 0.374 e. The van der Waals surface area contributed by atoms with Crippen LogP contribution in [0, 0.1) is 0 Å². The predicted octanol–water partition coefficient (Wildman–Crippen LogP) is 2.21. The third kappa shape index (κ3) is 3.71. The van der Waals surface area contributed by atoms with Crippen LogP contribution in [0.4, 0.5) is 22.1 Å². The first kappa shape index (κ1) is 18.5.